The highest BCUT2D eigenvalue weighted by Gasteiger charge is 2.02. The summed E-state index contributed by atoms with van der Waals surface area (Å²) in [6.45, 7) is 3.90. The molecule has 0 aromatic carbocycles. The molecule has 110 valence electrons. The smallest absolute Gasteiger partial charge is 0.0199 e. The molecule has 0 saturated heterocycles. The molecule has 1 rings (SSSR count). The van der Waals surface area contributed by atoms with Crippen molar-refractivity contribution in [3.05, 3.63) is 24.8 Å². The van der Waals surface area contributed by atoms with E-state index in [1.54, 1.807) is 0 Å². The Morgan fingerprint density at radius 3 is 1.89 bits per heavy atom. The molecule has 1 aliphatic carbocycles. The van der Waals surface area contributed by atoms with Crippen molar-refractivity contribution in [2.45, 2.75) is 89.9 Å². The standard InChI is InChI=1S/C19H34/c1-2-16-19-17-14-12-10-8-6-4-3-5-7-9-11-13-15-18-19/h2,14,17,19H,1,3-13,15-16,18H2/b17-14+. The summed E-state index contributed by atoms with van der Waals surface area (Å²) in [4.78, 5) is 0. The Labute approximate surface area is 121 Å². The molecule has 1 unspecified atom stereocenters. The monoisotopic (exact) mass is 262 g/mol. The molecular formula is C19H34. The summed E-state index contributed by atoms with van der Waals surface area (Å²) in [5, 5.41) is 0. The first-order chi connectivity index (χ1) is 9.43. The van der Waals surface area contributed by atoms with Crippen molar-refractivity contribution < 1.29 is 0 Å². The SMILES string of the molecule is C=CCC1/C=C/CCCCCCCCCCCCC1. The summed E-state index contributed by atoms with van der Waals surface area (Å²) in [5.41, 5.74) is 0. The van der Waals surface area contributed by atoms with Gasteiger partial charge in [0.25, 0.3) is 0 Å². The lowest BCUT2D eigenvalue weighted by molar-refractivity contribution is 0.506. The molecule has 1 atom stereocenters. The molecule has 1 aliphatic rings. The zero-order chi connectivity index (χ0) is 13.6. The van der Waals surface area contributed by atoms with Crippen LogP contribution in [0.4, 0.5) is 0 Å². The van der Waals surface area contributed by atoms with Gasteiger partial charge >= 0.3 is 0 Å². The number of rotatable bonds is 2. The van der Waals surface area contributed by atoms with Crippen LogP contribution in [0.3, 0.4) is 0 Å². The van der Waals surface area contributed by atoms with E-state index in [2.05, 4.69) is 24.8 Å². The second-order valence-corrected chi connectivity index (χ2v) is 6.18. The van der Waals surface area contributed by atoms with Crippen LogP contribution < -0.4 is 0 Å². The van der Waals surface area contributed by atoms with Gasteiger partial charge < -0.3 is 0 Å². The van der Waals surface area contributed by atoms with Crippen LogP contribution in [0, 0.1) is 5.92 Å². The molecule has 0 N–H and O–H groups in total. The first kappa shape index (κ1) is 16.5. The molecule has 0 spiro atoms. The van der Waals surface area contributed by atoms with Crippen molar-refractivity contribution in [1.29, 1.82) is 0 Å². The highest BCUT2D eigenvalue weighted by Crippen LogP contribution is 2.19. The van der Waals surface area contributed by atoms with E-state index < -0.39 is 0 Å². The second-order valence-electron chi connectivity index (χ2n) is 6.18. The highest BCUT2D eigenvalue weighted by molar-refractivity contribution is 4.91. The molecule has 0 heterocycles. The first-order valence-electron chi connectivity index (χ1n) is 8.71. The van der Waals surface area contributed by atoms with Gasteiger partial charge in [0.05, 0.1) is 0 Å². The Hall–Kier alpha value is -0.520. The predicted octanol–water partition coefficient (Wildman–Crippen LogP) is 6.82. The van der Waals surface area contributed by atoms with Gasteiger partial charge in [-0.2, -0.15) is 0 Å². The summed E-state index contributed by atoms with van der Waals surface area (Å²) in [7, 11) is 0. The van der Waals surface area contributed by atoms with E-state index in [0.717, 1.165) is 12.3 Å². The van der Waals surface area contributed by atoms with E-state index >= 15 is 0 Å². The molecule has 0 bridgehead atoms. The molecular weight excluding hydrogens is 228 g/mol. The second kappa shape index (κ2) is 12.5. The van der Waals surface area contributed by atoms with Gasteiger partial charge in [-0.25, -0.2) is 0 Å². The maximum absolute atomic E-state index is 3.90. The third kappa shape index (κ3) is 9.99. The molecule has 0 radical (unpaired) electrons. The Bertz CT molecular complexity index is 226. The van der Waals surface area contributed by atoms with Crippen molar-refractivity contribution in [3.8, 4) is 0 Å². The molecule has 0 nitrogen and oxygen atoms in total. The summed E-state index contributed by atoms with van der Waals surface area (Å²) in [5.74, 6) is 0.755. The average molecular weight is 262 g/mol. The van der Waals surface area contributed by atoms with Crippen molar-refractivity contribution in [3.63, 3.8) is 0 Å². The van der Waals surface area contributed by atoms with E-state index in [4.69, 9.17) is 0 Å². The maximum atomic E-state index is 3.90. The van der Waals surface area contributed by atoms with Crippen molar-refractivity contribution in [2.24, 2.45) is 5.92 Å². The Balaban J connectivity index is 2.29. The van der Waals surface area contributed by atoms with Crippen molar-refractivity contribution >= 4 is 0 Å². The van der Waals surface area contributed by atoms with E-state index in [0.29, 0.717) is 0 Å². The average Bonchev–Trinajstić information content (AvgIpc) is 2.41. The van der Waals surface area contributed by atoms with Gasteiger partial charge in [0.1, 0.15) is 0 Å². The molecule has 0 aromatic rings. The fourth-order valence-corrected chi connectivity index (χ4v) is 3.06. The predicted molar refractivity (Wildman–Crippen MR) is 87.5 cm³/mol. The number of hydrogen-bond donors (Lipinski definition) is 0. The molecule has 0 aliphatic heterocycles. The molecule has 19 heavy (non-hydrogen) atoms. The van der Waals surface area contributed by atoms with Crippen LogP contribution in [0.1, 0.15) is 89.9 Å². The Morgan fingerprint density at radius 1 is 0.789 bits per heavy atom. The normalized spacial score (nSPS) is 26.6. The van der Waals surface area contributed by atoms with Crippen molar-refractivity contribution in [1.82, 2.24) is 0 Å². The lowest BCUT2D eigenvalue weighted by Gasteiger charge is -2.10. The lowest BCUT2D eigenvalue weighted by Crippen LogP contribution is -1.95. The molecule has 0 heteroatoms. The molecule has 0 aromatic heterocycles. The molecule has 0 amide bonds. The zero-order valence-corrected chi connectivity index (χ0v) is 12.9. The van der Waals surface area contributed by atoms with Gasteiger partial charge in [-0.1, -0.05) is 82.4 Å². The van der Waals surface area contributed by atoms with E-state index in [1.165, 1.54) is 83.5 Å². The van der Waals surface area contributed by atoms with Gasteiger partial charge in [-0.3, -0.25) is 0 Å². The van der Waals surface area contributed by atoms with Crippen LogP contribution in [0.5, 0.6) is 0 Å². The lowest BCUT2D eigenvalue weighted by atomic mass is 9.95. The number of hydrogen-bond acceptors (Lipinski definition) is 0. The van der Waals surface area contributed by atoms with Gasteiger partial charge in [0, 0.05) is 0 Å². The largest absolute Gasteiger partial charge is 0.103 e. The van der Waals surface area contributed by atoms with Crippen LogP contribution in [0.25, 0.3) is 0 Å². The topological polar surface area (TPSA) is 0 Å². The number of allylic oxidation sites excluding steroid dienone is 3. The summed E-state index contributed by atoms with van der Waals surface area (Å²) in [6.07, 6.45) is 26.7. The maximum Gasteiger partial charge on any atom is -0.0199 e. The minimum absolute atomic E-state index is 0.755. The van der Waals surface area contributed by atoms with E-state index in [-0.39, 0.29) is 0 Å². The molecule has 0 fully saturated rings. The minimum Gasteiger partial charge on any atom is -0.103 e. The summed E-state index contributed by atoms with van der Waals surface area (Å²) in [6, 6.07) is 0. The van der Waals surface area contributed by atoms with Gasteiger partial charge in [0.2, 0.25) is 0 Å². The molecule has 0 saturated carbocycles. The van der Waals surface area contributed by atoms with E-state index in [9.17, 15) is 0 Å². The van der Waals surface area contributed by atoms with E-state index in [1.807, 2.05) is 0 Å². The van der Waals surface area contributed by atoms with Crippen LogP contribution in [-0.4, -0.2) is 0 Å². The van der Waals surface area contributed by atoms with Crippen LogP contribution >= 0.6 is 0 Å². The van der Waals surface area contributed by atoms with Crippen molar-refractivity contribution in [2.75, 3.05) is 0 Å². The fraction of sp³-hybridized carbons (Fsp3) is 0.789. The third-order valence-electron chi connectivity index (χ3n) is 4.32. The quantitative estimate of drug-likeness (QED) is 0.479. The van der Waals surface area contributed by atoms with Crippen LogP contribution in [-0.2, 0) is 0 Å². The first-order valence-corrected chi connectivity index (χ1v) is 8.71. The fourth-order valence-electron chi connectivity index (χ4n) is 3.06. The van der Waals surface area contributed by atoms with Gasteiger partial charge in [0.15, 0.2) is 0 Å². The highest BCUT2D eigenvalue weighted by atomic mass is 14.1. The van der Waals surface area contributed by atoms with Gasteiger partial charge in [-0.05, 0) is 31.6 Å². The Morgan fingerprint density at radius 2 is 1.32 bits per heavy atom. The van der Waals surface area contributed by atoms with Crippen LogP contribution in [0.15, 0.2) is 24.8 Å². The van der Waals surface area contributed by atoms with Gasteiger partial charge in [-0.15, -0.1) is 6.58 Å². The minimum atomic E-state index is 0.755. The Kier molecular flexibility index (Phi) is 10.9. The summed E-state index contributed by atoms with van der Waals surface area (Å²) >= 11 is 0. The zero-order valence-electron chi connectivity index (χ0n) is 12.9. The third-order valence-corrected chi connectivity index (χ3v) is 4.32. The van der Waals surface area contributed by atoms with Crippen LogP contribution in [0.2, 0.25) is 0 Å². The summed E-state index contributed by atoms with van der Waals surface area (Å²) < 4.78 is 0.